The highest BCUT2D eigenvalue weighted by Crippen LogP contribution is 2.52. The quantitative estimate of drug-likeness (QED) is 0.0405. The molecular formula is C58H67N2O10S2-. The van der Waals surface area contributed by atoms with Crippen molar-refractivity contribution in [3.8, 4) is 28.7 Å². The van der Waals surface area contributed by atoms with Gasteiger partial charge in [-0.25, -0.2) is 0 Å². The van der Waals surface area contributed by atoms with Gasteiger partial charge in [0.2, 0.25) is 0 Å². The summed E-state index contributed by atoms with van der Waals surface area (Å²) in [6.07, 6.45) is 6.70. The molecule has 7 atom stereocenters. The lowest BCUT2D eigenvalue weighted by molar-refractivity contribution is -0.149. The third-order valence-electron chi connectivity index (χ3n) is 15.5. The number of phenols is 2. The highest BCUT2D eigenvalue weighted by molar-refractivity contribution is 8.76. The number of aryl methyl sites for hydroxylation is 1. The second-order valence-corrected chi connectivity index (χ2v) is 22.5. The Morgan fingerprint density at radius 3 is 2.47 bits per heavy atom. The fourth-order valence-corrected chi connectivity index (χ4v) is 14.9. The van der Waals surface area contributed by atoms with Crippen molar-refractivity contribution >= 4 is 38.1 Å². The van der Waals surface area contributed by atoms with E-state index in [1.54, 1.807) is 50.8 Å². The lowest BCUT2D eigenvalue weighted by Crippen LogP contribution is -2.61. The molecule has 0 amide bonds. The number of rotatable bonds is 14. The number of hydrogen-bond acceptors (Lipinski definition) is 13. The van der Waals surface area contributed by atoms with E-state index in [9.17, 15) is 30.6 Å². The predicted octanol–water partition coefficient (Wildman–Crippen LogP) is 8.68. The van der Waals surface area contributed by atoms with Crippen molar-refractivity contribution in [2.45, 2.75) is 107 Å². The molecule has 1 aromatic heterocycles. The molecule has 7 unspecified atom stereocenters. The first-order chi connectivity index (χ1) is 35.0. The molecule has 72 heavy (non-hydrogen) atoms. The minimum absolute atomic E-state index is 0.000922. The zero-order valence-corrected chi connectivity index (χ0v) is 42.9. The Balaban J connectivity index is 1.23. The van der Waals surface area contributed by atoms with Gasteiger partial charge in [-0.2, -0.15) is 12.4 Å². The number of aromatic hydroxyl groups is 2. The lowest BCUT2D eigenvalue weighted by Gasteiger charge is -2.49. The first-order valence-electron chi connectivity index (χ1n) is 25.3. The number of benzene rings is 5. The van der Waals surface area contributed by atoms with Crippen molar-refractivity contribution in [3.05, 3.63) is 147 Å². The summed E-state index contributed by atoms with van der Waals surface area (Å²) in [4.78, 5) is 21.0. The minimum Gasteiger partial charge on any atom is -0.670 e. The summed E-state index contributed by atoms with van der Waals surface area (Å²) in [5.41, 5.74) is 5.82. The molecule has 382 valence electrons. The van der Waals surface area contributed by atoms with Crippen molar-refractivity contribution < 1.29 is 49.6 Å². The van der Waals surface area contributed by atoms with E-state index in [-0.39, 0.29) is 48.1 Å². The summed E-state index contributed by atoms with van der Waals surface area (Å²) in [7, 11) is 6.41. The number of hydrogen-bond donors (Lipinski definition) is 7. The number of aliphatic hydroxyl groups is 4. The van der Waals surface area contributed by atoms with Gasteiger partial charge < -0.3 is 55.2 Å². The summed E-state index contributed by atoms with van der Waals surface area (Å²) < 4.78 is 18.2. The van der Waals surface area contributed by atoms with E-state index in [1.807, 2.05) is 36.4 Å². The first kappa shape index (κ1) is 51.7. The number of fused-ring (bicyclic) bond motifs is 2. The Morgan fingerprint density at radius 2 is 1.74 bits per heavy atom. The summed E-state index contributed by atoms with van der Waals surface area (Å²) in [5, 5.41) is 75.4. The molecule has 6 aromatic rings. The van der Waals surface area contributed by atoms with Gasteiger partial charge in [0.1, 0.15) is 5.75 Å². The van der Waals surface area contributed by atoms with E-state index in [2.05, 4.69) is 41.5 Å². The van der Waals surface area contributed by atoms with Crippen LogP contribution in [0, 0.1) is 17.8 Å². The van der Waals surface area contributed by atoms with Gasteiger partial charge in [-0.3, -0.25) is 4.79 Å². The number of ether oxygens (including phenoxy) is 3. The van der Waals surface area contributed by atoms with Gasteiger partial charge in [0.15, 0.2) is 35.6 Å². The molecule has 0 radical (unpaired) electrons. The first-order valence-corrected chi connectivity index (χ1v) is 27.7. The van der Waals surface area contributed by atoms with Crippen molar-refractivity contribution in [2.24, 2.45) is 17.8 Å². The highest BCUT2D eigenvalue weighted by atomic mass is 33.1. The van der Waals surface area contributed by atoms with Gasteiger partial charge in [0.25, 0.3) is 0 Å². The molecule has 0 saturated heterocycles. The van der Waals surface area contributed by atoms with Gasteiger partial charge >= 0.3 is 0 Å². The van der Waals surface area contributed by atoms with Crippen LogP contribution in [0.25, 0.3) is 10.8 Å². The van der Waals surface area contributed by atoms with Crippen molar-refractivity contribution in [2.75, 3.05) is 33.3 Å². The van der Waals surface area contributed by atoms with Crippen LogP contribution >= 0.6 is 21.6 Å². The molecule has 14 heteroatoms. The van der Waals surface area contributed by atoms with Gasteiger partial charge in [-0.1, -0.05) is 88.7 Å². The molecule has 2 heterocycles. The van der Waals surface area contributed by atoms with Gasteiger partial charge in [-0.05, 0) is 157 Å². The largest absolute Gasteiger partial charge is 0.670 e. The fourth-order valence-electron chi connectivity index (χ4n) is 12.0. The Hall–Kier alpha value is -5.19. The van der Waals surface area contributed by atoms with Crippen LogP contribution in [0.4, 0.5) is 0 Å². The molecule has 0 bridgehead atoms. The van der Waals surface area contributed by atoms with E-state index in [4.69, 9.17) is 14.2 Å². The number of carbonyl (C=O) groups excluding carboxylic acids is 1. The minimum atomic E-state index is -1.67. The van der Waals surface area contributed by atoms with Crippen LogP contribution < -0.4 is 24.5 Å². The normalized spacial score (nSPS) is 24.0. The van der Waals surface area contributed by atoms with Crippen LogP contribution in [-0.4, -0.2) is 88.0 Å². The second kappa shape index (κ2) is 22.9. The maximum atomic E-state index is 16.6. The Bertz CT molecular complexity index is 2830. The molecule has 2 saturated carbocycles. The Kier molecular flexibility index (Phi) is 16.5. The molecule has 2 aliphatic carbocycles. The van der Waals surface area contributed by atoms with Crippen molar-refractivity contribution in [1.29, 1.82) is 0 Å². The fraction of sp³-hybridized carbons (Fsp3) is 0.431. The summed E-state index contributed by atoms with van der Waals surface area (Å²) in [6, 6.07) is 26.4. The van der Waals surface area contributed by atoms with Crippen molar-refractivity contribution in [1.82, 2.24) is 10.3 Å². The number of nitrogens with zero attached hydrogens (tertiary/aromatic N) is 1. The number of methoxy groups -OCH3 is 1. The molecule has 0 spiro atoms. The number of carbonyl (C=O) groups is 1. The SMILES string of the molecule is CCc1ccc2cccc3c2c1Cc1c(ccc(O)c1OC)CC(Cc1cc[n-]c1)C(O)C1C(=O)C(Cc2ccc(OCO)c(OC4CCCC4)c2)(c2cc(O)cc(CNC)c2)C(O)CC1CSSC3CO. The van der Waals surface area contributed by atoms with E-state index in [1.165, 1.54) is 21.6 Å². The predicted molar refractivity (Wildman–Crippen MR) is 283 cm³/mol. The number of nitrogens with one attached hydrogen (secondary N) is 1. The molecule has 2 fully saturated rings. The number of ketones is 1. The monoisotopic (exact) mass is 1020 g/mol. The third kappa shape index (κ3) is 10.5. The smallest absolute Gasteiger partial charge is 0.186 e. The van der Waals surface area contributed by atoms with Gasteiger partial charge in [0.05, 0.1) is 42.7 Å². The molecule has 5 aromatic carbocycles. The van der Waals surface area contributed by atoms with Crippen LogP contribution in [0.15, 0.2) is 97.3 Å². The van der Waals surface area contributed by atoms with Crippen LogP contribution in [0.5, 0.6) is 28.7 Å². The molecule has 3 aliphatic rings. The maximum absolute atomic E-state index is 16.6. The van der Waals surface area contributed by atoms with E-state index in [0.29, 0.717) is 65.5 Å². The summed E-state index contributed by atoms with van der Waals surface area (Å²) >= 11 is 0. The highest BCUT2D eigenvalue weighted by Gasteiger charge is 2.58. The van der Waals surface area contributed by atoms with Gasteiger partial charge in [-0.15, -0.1) is 0 Å². The Morgan fingerprint density at radius 1 is 0.903 bits per heavy atom. The lowest BCUT2D eigenvalue weighted by atomic mass is 9.55. The number of phenolic OH excluding ortho intramolecular Hbond substituents is 2. The Labute approximate surface area is 429 Å². The zero-order chi connectivity index (χ0) is 50.5. The topological polar surface area (TPSA) is 192 Å². The standard InChI is InChI=1S/C58H67N2O10S2/c1-4-37-13-14-38-8-7-11-45-51(31-61)72-71-32-41-25-52(65)58(42-21-36(29-59-2)22-43(63)26-42,28-34-12-17-49(69-33-62)50(23-34)70-44-9-5-6-10-44)57(67)54(41)55(66)40(20-35-18-19-60-30-35)24-39-15-16-48(64)56(68-3)47(39)27-46(37)53(38)45/h7-8,11-19,21-23,26,30,40-41,44,51-52,54-55,59,61-66H,4-6,9-10,20,24-25,27-29,31-33H2,1-3H3/q-1. The number of aromatic nitrogens is 1. The average molecular weight is 1020 g/mol. The summed E-state index contributed by atoms with van der Waals surface area (Å²) in [6.45, 7) is 1.79. The maximum Gasteiger partial charge on any atom is 0.186 e. The van der Waals surface area contributed by atoms with Crippen LogP contribution in [0.2, 0.25) is 0 Å². The summed E-state index contributed by atoms with van der Waals surface area (Å²) in [5.74, 6) is -1.04. The average Bonchev–Trinajstić information content (AvgIpc) is 4.10. The number of aliphatic hydroxyl groups excluding tert-OH is 4. The van der Waals surface area contributed by atoms with Crippen LogP contribution in [0.3, 0.4) is 0 Å². The third-order valence-corrected chi connectivity index (χ3v) is 18.4. The molecule has 7 N–H and O–H groups in total. The van der Waals surface area contributed by atoms with E-state index < -0.39 is 42.2 Å². The number of Topliss-reactive ketones (excluding diaryl/α,β-unsaturated/α-hetero) is 1. The molecule has 1 aliphatic heterocycles. The van der Waals surface area contributed by atoms with Crippen molar-refractivity contribution in [3.63, 3.8) is 0 Å². The van der Waals surface area contributed by atoms with E-state index in [0.717, 1.165) is 76.3 Å². The van der Waals surface area contributed by atoms with E-state index >= 15 is 4.79 Å². The zero-order valence-electron chi connectivity index (χ0n) is 41.3. The van der Waals surface area contributed by atoms with Crippen LogP contribution in [0.1, 0.15) is 94.3 Å². The van der Waals surface area contributed by atoms with Crippen LogP contribution in [-0.2, 0) is 48.9 Å². The second-order valence-electron chi connectivity index (χ2n) is 19.9. The molecule has 12 nitrogen and oxygen atoms in total. The molecule has 9 rings (SSSR count). The van der Waals surface area contributed by atoms with Gasteiger partial charge in [0, 0.05) is 30.2 Å². The molecular weight excluding hydrogens is 949 g/mol.